The van der Waals surface area contributed by atoms with E-state index in [4.69, 9.17) is 0 Å². The summed E-state index contributed by atoms with van der Waals surface area (Å²) in [7, 11) is -4.54. The number of aliphatic hydroxyl groups excluding tert-OH is 1. The first-order chi connectivity index (χ1) is 9.79. The largest absolute Gasteiger partial charge is 0.393 e. The second-order valence-corrected chi connectivity index (χ2v) is 7.54. The molecule has 0 heterocycles. The van der Waals surface area contributed by atoms with Gasteiger partial charge in [0.2, 0.25) is 9.84 Å². The van der Waals surface area contributed by atoms with Gasteiger partial charge in [-0.15, -0.1) is 0 Å². The topological polar surface area (TPSA) is 54.4 Å². The lowest BCUT2D eigenvalue weighted by molar-refractivity contribution is -0.0932. The molecule has 1 aromatic carbocycles. The van der Waals surface area contributed by atoms with Gasteiger partial charge in [-0.2, -0.15) is 8.78 Å². The number of halogens is 2. The Labute approximate surface area is 123 Å². The Bertz CT molecular complexity index is 592. The molecule has 0 aromatic heterocycles. The van der Waals surface area contributed by atoms with E-state index >= 15 is 0 Å². The summed E-state index contributed by atoms with van der Waals surface area (Å²) in [4.78, 5) is -0.361. The van der Waals surface area contributed by atoms with Crippen LogP contribution in [0.5, 0.6) is 0 Å². The fourth-order valence-electron chi connectivity index (χ4n) is 3.44. The van der Waals surface area contributed by atoms with Gasteiger partial charge >= 0.3 is 5.76 Å². The molecule has 1 aromatic rings. The number of alkyl halides is 2. The van der Waals surface area contributed by atoms with Gasteiger partial charge in [-0.3, -0.25) is 0 Å². The van der Waals surface area contributed by atoms with Crippen molar-refractivity contribution in [2.75, 3.05) is 0 Å². The highest BCUT2D eigenvalue weighted by Crippen LogP contribution is 2.57. The molecule has 1 fully saturated rings. The van der Waals surface area contributed by atoms with E-state index in [1.165, 1.54) is 12.1 Å². The molecule has 0 aliphatic heterocycles. The van der Waals surface area contributed by atoms with Crippen LogP contribution in [-0.2, 0) is 9.84 Å². The average molecular weight is 318 g/mol. The number of hydrogen-bond donors (Lipinski definition) is 1. The zero-order chi connectivity index (χ0) is 15.8. The minimum absolute atomic E-state index is 0.144. The Hall–Kier alpha value is -1.01. The standard InChI is InChI=1S/C15H20F2O3S/c1-3-15(4-2)12(9-13(15)18)10-5-7-11(8-6-10)21(19,20)14(16)17/h5-8,12-14,18H,3-4,9H2,1-2H3. The Morgan fingerprint density at radius 1 is 1.24 bits per heavy atom. The van der Waals surface area contributed by atoms with Gasteiger partial charge in [0, 0.05) is 5.41 Å². The van der Waals surface area contributed by atoms with E-state index in [2.05, 4.69) is 0 Å². The molecule has 21 heavy (non-hydrogen) atoms. The number of rotatable bonds is 5. The summed E-state index contributed by atoms with van der Waals surface area (Å²) >= 11 is 0. The van der Waals surface area contributed by atoms with Crippen LogP contribution in [0.15, 0.2) is 29.2 Å². The van der Waals surface area contributed by atoms with Crippen molar-refractivity contribution >= 4 is 9.84 Å². The highest BCUT2D eigenvalue weighted by Gasteiger charge is 2.52. The van der Waals surface area contributed by atoms with E-state index < -0.39 is 15.6 Å². The van der Waals surface area contributed by atoms with E-state index in [9.17, 15) is 22.3 Å². The number of sulfone groups is 1. The molecule has 0 amide bonds. The SMILES string of the molecule is CCC1(CC)C(O)CC1c1ccc(S(=O)(=O)C(F)F)cc1. The third-order valence-electron chi connectivity index (χ3n) is 4.98. The molecule has 3 nitrogen and oxygen atoms in total. The van der Waals surface area contributed by atoms with E-state index in [0.717, 1.165) is 18.4 Å². The number of hydrogen-bond acceptors (Lipinski definition) is 3. The summed E-state index contributed by atoms with van der Waals surface area (Å²) in [5, 5.41) is 10.1. The molecule has 2 unspecified atom stereocenters. The minimum Gasteiger partial charge on any atom is -0.393 e. The van der Waals surface area contributed by atoms with Gasteiger partial charge in [0.15, 0.2) is 0 Å². The van der Waals surface area contributed by atoms with Crippen molar-refractivity contribution in [3.8, 4) is 0 Å². The van der Waals surface area contributed by atoms with Crippen molar-refractivity contribution in [3.63, 3.8) is 0 Å². The van der Waals surface area contributed by atoms with Crippen LogP contribution in [0.1, 0.15) is 44.6 Å². The summed E-state index contributed by atoms with van der Waals surface area (Å²) in [5.74, 6) is -3.26. The lowest BCUT2D eigenvalue weighted by Gasteiger charge is -2.54. The van der Waals surface area contributed by atoms with Crippen LogP contribution in [0.25, 0.3) is 0 Å². The highest BCUT2D eigenvalue weighted by atomic mass is 32.2. The summed E-state index contributed by atoms with van der Waals surface area (Å²) in [5.41, 5.74) is 0.709. The summed E-state index contributed by atoms with van der Waals surface area (Å²) < 4.78 is 47.8. The first-order valence-electron chi connectivity index (χ1n) is 7.09. The molecule has 1 saturated carbocycles. The molecule has 2 atom stereocenters. The zero-order valence-electron chi connectivity index (χ0n) is 12.1. The normalized spacial score (nSPS) is 24.9. The van der Waals surface area contributed by atoms with Crippen molar-refractivity contribution < 1.29 is 22.3 Å². The molecule has 0 saturated heterocycles. The minimum atomic E-state index is -4.54. The lowest BCUT2D eigenvalue weighted by Crippen LogP contribution is -2.50. The smallest absolute Gasteiger partial charge is 0.341 e. The van der Waals surface area contributed by atoms with Crippen LogP contribution in [0.2, 0.25) is 0 Å². The van der Waals surface area contributed by atoms with Crippen LogP contribution in [-0.4, -0.2) is 25.4 Å². The van der Waals surface area contributed by atoms with Gasteiger partial charge in [0.25, 0.3) is 0 Å². The maximum absolute atomic E-state index is 12.5. The molecule has 6 heteroatoms. The molecule has 1 aliphatic rings. The Morgan fingerprint density at radius 3 is 2.14 bits per heavy atom. The molecule has 0 radical (unpaired) electrons. The van der Waals surface area contributed by atoms with Crippen molar-refractivity contribution in [2.24, 2.45) is 5.41 Å². The maximum atomic E-state index is 12.5. The monoisotopic (exact) mass is 318 g/mol. The average Bonchev–Trinajstić information content (AvgIpc) is 2.46. The van der Waals surface area contributed by atoms with E-state index in [1.807, 2.05) is 13.8 Å². The molecule has 118 valence electrons. The summed E-state index contributed by atoms with van der Waals surface area (Å²) in [6.07, 6.45) is 1.92. The highest BCUT2D eigenvalue weighted by molar-refractivity contribution is 7.91. The van der Waals surface area contributed by atoms with Gasteiger partial charge in [-0.25, -0.2) is 8.42 Å². The predicted molar refractivity (Wildman–Crippen MR) is 76.0 cm³/mol. The van der Waals surface area contributed by atoms with Crippen LogP contribution in [0.3, 0.4) is 0 Å². The fraction of sp³-hybridized carbons (Fsp3) is 0.600. The maximum Gasteiger partial charge on any atom is 0.341 e. The third kappa shape index (κ3) is 2.48. The Balaban J connectivity index is 2.29. The molecule has 1 aliphatic carbocycles. The molecule has 0 bridgehead atoms. The Morgan fingerprint density at radius 2 is 1.76 bits per heavy atom. The third-order valence-corrected chi connectivity index (χ3v) is 6.38. The second-order valence-electron chi connectivity index (χ2n) is 5.62. The molecule has 2 rings (SSSR count). The summed E-state index contributed by atoms with van der Waals surface area (Å²) in [6, 6.07) is 5.65. The first kappa shape index (κ1) is 16.4. The predicted octanol–water partition coefficient (Wildman–Crippen LogP) is 3.34. The number of benzene rings is 1. The lowest BCUT2D eigenvalue weighted by atomic mass is 9.53. The number of aliphatic hydroxyl groups is 1. The second kappa shape index (κ2) is 5.65. The van der Waals surface area contributed by atoms with Crippen LogP contribution in [0.4, 0.5) is 8.78 Å². The van der Waals surface area contributed by atoms with E-state index in [0.29, 0.717) is 6.42 Å². The van der Waals surface area contributed by atoms with Crippen molar-refractivity contribution in [2.45, 2.75) is 55.8 Å². The van der Waals surface area contributed by atoms with Crippen LogP contribution < -0.4 is 0 Å². The zero-order valence-corrected chi connectivity index (χ0v) is 12.9. The van der Waals surface area contributed by atoms with Crippen molar-refractivity contribution in [3.05, 3.63) is 29.8 Å². The molecular formula is C15H20F2O3S. The Kier molecular flexibility index (Phi) is 4.40. The van der Waals surface area contributed by atoms with Gasteiger partial charge in [-0.05, 0) is 42.9 Å². The van der Waals surface area contributed by atoms with Crippen molar-refractivity contribution in [1.29, 1.82) is 0 Å². The van der Waals surface area contributed by atoms with Gasteiger partial charge in [-0.1, -0.05) is 26.0 Å². The first-order valence-corrected chi connectivity index (χ1v) is 8.64. The molecule has 1 N–H and O–H groups in total. The van der Waals surface area contributed by atoms with Gasteiger partial charge < -0.3 is 5.11 Å². The van der Waals surface area contributed by atoms with Crippen molar-refractivity contribution in [1.82, 2.24) is 0 Å². The van der Waals surface area contributed by atoms with E-state index in [1.54, 1.807) is 12.1 Å². The molecule has 0 spiro atoms. The van der Waals surface area contributed by atoms with Crippen LogP contribution >= 0.6 is 0 Å². The fourth-order valence-corrected chi connectivity index (χ4v) is 4.16. The van der Waals surface area contributed by atoms with Gasteiger partial charge in [0.1, 0.15) is 0 Å². The van der Waals surface area contributed by atoms with E-state index in [-0.39, 0.29) is 22.3 Å². The quantitative estimate of drug-likeness (QED) is 0.906. The van der Waals surface area contributed by atoms with Crippen LogP contribution in [0, 0.1) is 5.41 Å². The molecular weight excluding hydrogens is 298 g/mol. The van der Waals surface area contributed by atoms with Gasteiger partial charge in [0.05, 0.1) is 11.0 Å². The summed E-state index contributed by atoms with van der Waals surface area (Å²) in [6.45, 7) is 4.04.